The Morgan fingerprint density at radius 2 is 1.94 bits per heavy atom. The molecule has 0 spiro atoms. The first-order valence-corrected chi connectivity index (χ1v) is 10.2. The Hall–Kier alpha value is -3.69. The quantitative estimate of drug-likeness (QED) is 0.312. The molecular weight excluding hydrogens is 398 g/mol. The fraction of sp³-hybridized carbons (Fsp3) is 0.381. The normalized spacial score (nSPS) is 14.0. The summed E-state index contributed by atoms with van der Waals surface area (Å²) in [7, 11) is 0. The lowest BCUT2D eigenvalue weighted by Crippen LogP contribution is -2.42. The van der Waals surface area contributed by atoms with E-state index in [0.717, 1.165) is 29.5 Å². The van der Waals surface area contributed by atoms with Crippen LogP contribution in [0.4, 0.5) is 10.7 Å². The van der Waals surface area contributed by atoms with Gasteiger partial charge in [0.2, 0.25) is 5.95 Å². The standard InChI is InChI=1S/C21H27N7O3/c1-2-31-18(29)15-6-8-28(9-7-15)20-24-12-17(13-25-20)16-5-3-4-14(10-16)11-26-21(30)27-19(22)23/h3-5,10,12-13,15H,2,6-9,11H2,1H3,(H5,22,23,26,27,30). The maximum Gasteiger partial charge on any atom is 0.321 e. The zero-order valence-corrected chi connectivity index (χ0v) is 17.4. The van der Waals surface area contributed by atoms with Crippen molar-refractivity contribution in [3.63, 3.8) is 0 Å². The number of aromatic nitrogens is 2. The third kappa shape index (κ3) is 6.14. The van der Waals surface area contributed by atoms with Gasteiger partial charge in [0.15, 0.2) is 5.96 Å². The second-order valence-corrected chi connectivity index (χ2v) is 7.21. The molecule has 1 aromatic heterocycles. The number of hydrogen-bond acceptors (Lipinski definition) is 7. The van der Waals surface area contributed by atoms with Crippen LogP contribution in [0.3, 0.4) is 0 Å². The van der Waals surface area contributed by atoms with E-state index in [-0.39, 0.29) is 11.9 Å². The molecule has 2 aromatic rings. The van der Waals surface area contributed by atoms with Gasteiger partial charge in [-0.1, -0.05) is 18.2 Å². The third-order valence-corrected chi connectivity index (χ3v) is 5.00. The lowest BCUT2D eigenvalue weighted by atomic mass is 9.97. The second-order valence-electron chi connectivity index (χ2n) is 7.21. The highest BCUT2D eigenvalue weighted by Crippen LogP contribution is 2.24. The summed E-state index contributed by atoms with van der Waals surface area (Å²) < 4.78 is 5.11. The first-order valence-electron chi connectivity index (χ1n) is 10.2. The van der Waals surface area contributed by atoms with Crippen LogP contribution in [0.25, 0.3) is 11.1 Å². The van der Waals surface area contributed by atoms with Crippen LogP contribution >= 0.6 is 0 Å². The highest BCUT2D eigenvalue weighted by Gasteiger charge is 2.27. The molecule has 10 heteroatoms. The Morgan fingerprint density at radius 1 is 1.23 bits per heavy atom. The summed E-state index contributed by atoms with van der Waals surface area (Å²) in [6.45, 7) is 3.95. The second kappa shape index (κ2) is 10.4. The van der Waals surface area contributed by atoms with Gasteiger partial charge in [-0.15, -0.1) is 0 Å². The lowest BCUT2D eigenvalue weighted by Gasteiger charge is -2.30. The summed E-state index contributed by atoms with van der Waals surface area (Å²) in [6.07, 6.45) is 5.01. The van der Waals surface area contributed by atoms with Crippen molar-refractivity contribution >= 4 is 23.9 Å². The maximum absolute atomic E-state index is 11.9. The molecule has 2 amide bonds. The molecule has 0 radical (unpaired) electrons. The third-order valence-electron chi connectivity index (χ3n) is 5.00. The van der Waals surface area contributed by atoms with E-state index in [0.29, 0.717) is 32.2 Å². The largest absolute Gasteiger partial charge is 0.466 e. The van der Waals surface area contributed by atoms with Gasteiger partial charge in [-0.05, 0) is 37.0 Å². The van der Waals surface area contributed by atoms with Crippen LogP contribution in [0.2, 0.25) is 0 Å². The van der Waals surface area contributed by atoms with E-state index in [9.17, 15) is 9.59 Å². The Kier molecular flexibility index (Phi) is 7.36. The average Bonchev–Trinajstić information content (AvgIpc) is 2.78. The van der Waals surface area contributed by atoms with Crippen molar-refractivity contribution < 1.29 is 14.3 Å². The number of carbonyl (C=O) groups excluding carboxylic acids is 2. The number of urea groups is 1. The average molecular weight is 425 g/mol. The molecule has 1 fully saturated rings. The summed E-state index contributed by atoms with van der Waals surface area (Å²) >= 11 is 0. The molecule has 3 rings (SSSR count). The zero-order valence-electron chi connectivity index (χ0n) is 17.4. The van der Waals surface area contributed by atoms with Crippen LogP contribution in [0.1, 0.15) is 25.3 Å². The van der Waals surface area contributed by atoms with E-state index in [1.165, 1.54) is 0 Å². The number of benzene rings is 1. The molecule has 1 aromatic carbocycles. The Labute approximate surface area is 180 Å². The number of hydrogen-bond donors (Lipinski definition) is 4. The number of nitrogens with zero attached hydrogens (tertiary/aromatic N) is 3. The Morgan fingerprint density at radius 3 is 2.58 bits per heavy atom. The molecule has 2 heterocycles. The van der Waals surface area contributed by atoms with E-state index >= 15 is 0 Å². The van der Waals surface area contributed by atoms with Gasteiger partial charge < -0.3 is 20.7 Å². The smallest absolute Gasteiger partial charge is 0.321 e. The summed E-state index contributed by atoms with van der Waals surface area (Å²) in [5.74, 6) is 0.0642. The SMILES string of the molecule is CCOC(=O)C1CCN(c2ncc(-c3cccc(CNC(=O)NC(=N)N)c3)cn2)CC1. The van der Waals surface area contributed by atoms with Crippen LogP contribution in [0.15, 0.2) is 36.7 Å². The van der Waals surface area contributed by atoms with Crippen molar-refractivity contribution in [1.82, 2.24) is 20.6 Å². The molecule has 1 aliphatic heterocycles. The van der Waals surface area contributed by atoms with Crippen molar-refractivity contribution in [3.05, 3.63) is 42.2 Å². The number of guanidine groups is 1. The minimum Gasteiger partial charge on any atom is -0.466 e. The molecule has 0 atom stereocenters. The molecule has 10 nitrogen and oxygen atoms in total. The first kappa shape index (κ1) is 22.0. The van der Waals surface area contributed by atoms with Gasteiger partial charge in [0.1, 0.15) is 0 Å². The molecule has 1 aliphatic rings. The molecule has 164 valence electrons. The summed E-state index contributed by atoms with van der Waals surface area (Å²) in [6, 6.07) is 7.14. The summed E-state index contributed by atoms with van der Waals surface area (Å²) in [5, 5.41) is 11.9. The van der Waals surface area contributed by atoms with Crippen LogP contribution in [-0.2, 0) is 16.1 Å². The van der Waals surface area contributed by atoms with E-state index in [1.807, 2.05) is 31.2 Å². The molecule has 5 N–H and O–H groups in total. The lowest BCUT2D eigenvalue weighted by molar-refractivity contribution is -0.148. The van der Waals surface area contributed by atoms with Gasteiger partial charge >= 0.3 is 12.0 Å². The van der Waals surface area contributed by atoms with Gasteiger partial charge in [0.05, 0.1) is 12.5 Å². The Balaban J connectivity index is 1.58. The van der Waals surface area contributed by atoms with Gasteiger partial charge in [-0.2, -0.15) is 0 Å². The van der Waals surface area contributed by atoms with Crippen molar-refractivity contribution in [1.29, 1.82) is 5.41 Å². The van der Waals surface area contributed by atoms with Gasteiger partial charge in [0, 0.05) is 37.6 Å². The molecular formula is C21H27N7O3. The van der Waals surface area contributed by atoms with E-state index in [2.05, 4.69) is 25.5 Å². The van der Waals surface area contributed by atoms with E-state index in [1.54, 1.807) is 12.4 Å². The predicted molar refractivity (Wildman–Crippen MR) is 116 cm³/mol. The van der Waals surface area contributed by atoms with E-state index < -0.39 is 12.0 Å². The molecule has 0 unspecified atom stereocenters. The fourth-order valence-corrected chi connectivity index (χ4v) is 3.42. The molecule has 0 bridgehead atoms. The number of esters is 1. The number of rotatable bonds is 6. The number of carbonyl (C=O) groups is 2. The number of nitrogens with two attached hydrogens (primary N) is 1. The molecule has 0 saturated carbocycles. The Bertz CT molecular complexity index is 925. The number of piperidine rings is 1. The highest BCUT2D eigenvalue weighted by atomic mass is 16.5. The number of ether oxygens (including phenoxy) is 1. The van der Waals surface area contributed by atoms with Gasteiger partial charge in [-0.25, -0.2) is 14.8 Å². The van der Waals surface area contributed by atoms with Crippen molar-refractivity contribution in [2.24, 2.45) is 11.7 Å². The zero-order chi connectivity index (χ0) is 22.2. The van der Waals surface area contributed by atoms with Crippen molar-refractivity contribution in [2.45, 2.75) is 26.3 Å². The van der Waals surface area contributed by atoms with Crippen LogP contribution < -0.4 is 21.3 Å². The topological polar surface area (TPSA) is 146 Å². The monoisotopic (exact) mass is 425 g/mol. The number of amides is 2. The van der Waals surface area contributed by atoms with Gasteiger partial charge in [-0.3, -0.25) is 15.5 Å². The van der Waals surface area contributed by atoms with Crippen LogP contribution in [0.5, 0.6) is 0 Å². The first-order chi connectivity index (χ1) is 15.0. The van der Waals surface area contributed by atoms with E-state index in [4.69, 9.17) is 15.9 Å². The fourth-order valence-electron chi connectivity index (χ4n) is 3.42. The molecule has 0 aliphatic carbocycles. The highest BCUT2D eigenvalue weighted by molar-refractivity contribution is 5.93. The van der Waals surface area contributed by atoms with Crippen LogP contribution in [0, 0.1) is 11.3 Å². The van der Waals surface area contributed by atoms with Crippen molar-refractivity contribution in [3.8, 4) is 11.1 Å². The van der Waals surface area contributed by atoms with Gasteiger partial charge in [0.25, 0.3) is 0 Å². The minimum absolute atomic E-state index is 0.0515. The van der Waals surface area contributed by atoms with Crippen molar-refractivity contribution in [2.75, 3.05) is 24.6 Å². The molecule has 31 heavy (non-hydrogen) atoms. The number of nitrogens with one attached hydrogen (secondary N) is 3. The minimum atomic E-state index is -0.530. The number of anilines is 1. The molecule has 1 saturated heterocycles. The summed E-state index contributed by atoms with van der Waals surface area (Å²) in [4.78, 5) is 34.5. The predicted octanol–water partition coefficient (Wildman–Crippen LogP) is 1.62. The van der Waals surface area contributed by atoms with Crippen LogP contribution in [-0.4, -0.2) is 47.6 Å². The summed E-state index contributed by atoms with van der Waals surface area (Å²) in [5.41, 5.74) is 7.82. The maximum atomic E-state index is 11.9.